The third kappa shape index (κ3) is 4.02. The van der Waals surface area contributed by atoms with E-state index < -0.39 is 0 Å². The third-order valence-corrected chi connectivity index (χ3v) is 4.81. The maximum atomic E-state index is 12.5. The minimum absolute atomic E-state index is 0.0223. The zero-order valence-corrected chi connectivity index (χ0v) is 13.5. The van der Waals surface area contributed by atoms with Gasteiger partial charge in [0, 0.05) is 25.7 Å². The van der Waals surface area contributed by atoms with Crippen molar-refractivity contribution < 1.29 is 4.79 Å². The normalized spacial score (nSPS) is 21.3. The molecule has 122 valence electrons. The lowest BCUT2D eigenvalue weighted by Gasteiger charge is -2.28. The van der Waals surface area contributed by atoms with E-state index in [4.69, 9.17) is 5.26 Å². The van der Waals surface area contributed by atoms with Gasteiger partial charge in [-0.3, -0.25) is 0 Å². The van der Waals surface area contributed by atoms with E-state index in [1.807, 2.05) is 23.1 Å². The molecule has 0 aromatic heterocycles. The first-order valence-electron chi connectivity index (χ1n) is 8.52. The van der Waals surface area contributed by atoms with Crippen LogP contribution in [0.25, 0.3) is 0 Å². The number of nitriles is 1. The smallest absolute Gasteiger partial charge is 0.317 e. The summed E-state index contributed by atoms with van der Waals surface area (Å²) in [4.78, 5) is 17.0. The molecule has 2 amide bonds. The summed E-state index contributed by atoms with van der Waals surface area (Å²) < 4.78 is 0. The Balaban J connectivity index is 1.53. The standard InChI is InChI=1S/C18H24N4O/c19-12-15-5-3-6-16(11-15)13-20-18(23)22-10-4-7-17(22)14-21-8-1-2-9-21/h3,5-6,11,17H,1-2,4,7-10,13-14H2,(H,20,23)/t17-/m1/s1. The first kappa shape index (κ1) is 15.8. The number of rotatable bonds is 4. The number of nitrogens with one attached hydrogen (secondary N) is 1. The van der Waals surface area contributed by atoms with E-state index in [-0.39, 0.29) is 6.03 Å². The summed E-state index contributed by atoms with van der Waals surface area (Å²) in [6.45, 7) is 4.68. The van der Waals surface area contributed by atoms with Crippen LogP contribution in [-0.2, 0) is 6.54 Å². The van der Waals surface area contributed by atoms with Gasteiger partial charge in [0.1, 0.15) is 0 Å². The average molecular weight is 312 g/mol. The van der Waals surface area contributed by atoms with E-state index in [1.165, 1.54) is 25.9 Å². The Bertz CT molecular complexity index is 589. The van der Waals surface area contributed by atoms with Crippen molar-refractivity contribution in [1.29, 1.82) is 5.26 Å². The number of hydrogen-bond donors (Lipinski definition) is 1. The fourth-order valence-corrected chi connectivity index (χ4v) is 3.59. The van der Waals surface area contributed by atoms with Crippen molar-refractivity contribution in [1.82, 2.24) is 15.1 Å². The molecular formula is C18H24N4O. The Kier molecular flexibility index (Phi) is 5.14. The van der Waals surface area contributed by atoms with E-state index >= 15 is 0 Å². The zero-order valence-electron chi connectivity index (χ0n) is 13.5. The van der Waals surface area contributed by atoms with Crippen molar-refractivity contribution in [2.24, 2.45) is 0 Å². The SMILES string of the molecule is N#Cc1cccc(CNC(=O)N2CCC[C@@H]2CN2CCCC2)c1. The summed E-state index contributed by atoms with van der Waals surface area (Å²) in [6.07, 6.45) is 4.77. The molecule has 0 unspecified atom stereocenters. The number of likely N-dealkylation sites (tertiary alicyclic amines) is 2. The molecule has 1 atom stereocenters. The van der Waals surface area contributed by atoms with E-state index in [1.54, 1.807) is 6.07 Å². The van der Waals surface area contributed by atoms with Crippen LogP contribution in [0.4, 0.5) is 4.79 Å². The minimum Gasteiger partial charge on any atom is -0.334 e. The lowest BCUT2D eigenvalue weighted by Crippen LogP contribution is -2.46. The summed E-state index contributed by atoms with van der Waals surface area (Å²) in [5.74, 6) is 0. The molecule has 2 heterocycles. The fourth-order valence-electron chi connectivity index (χ4n) is 3.59. The van der Waals surface area contributed by atoms with Gasteiger partial charge in [0.05, 0.1) is 11.6 Å². The molecule has 5 heteroatoms. The van der Waals surface area contributed by atoms with Gasteiger partial charge in [-0.15, -0.1) is 0 Å². The highest BCUT2D eigenvalue weighted by molar-refractivity contribution is 5.74. The molecule has 2 aliphatic heterocycles. The van der Waals surface area contributed by atoms with Gasteiger partial charge < -0.3 is 15.1 Å². The van der Waals surface area contributed by atoms with Gasteiger partial charge in [-0.1, -0.05) is 12.1 Å². The molecule has 1 aromatic carbocycles. The molecule has 0 saturated carbocycles. The number of urea groups is 1. The van der Waals surface area contributed by atoms with Crippen LogP contribution in [0.15, 0.2) is 24.3 Å². The van der Waals surface area contributed by atoms with Crippen LogP contribution < -0.4 is 5.32 Å². The topological polar surface area (TPSA) is 59.4 Å². The average Bonchev–Trinajstić information content (AvgIpc) is 3.25. The summed E-state index contributed by atoms with van der Waals surface area (Å²) in [7, 11) is 0. The molecule has 1 aromatic rings. The molecule has 0 aliphatic carbocycles. The molecule has 2 fully saturated rings. The minimum atomic E-state index is 0.0223. The highest BCUT2D eigenvalue weighted by atomic mass is 16.2. The molecule has 3 rings (SSSR count). The summed E-state index contributed by atoms with van der Waals surface area (Å²) in [6, 6.07) is 9.89. The second kappa shape index (κ2) is 7.47. The van der Waals surface area contributed by atoms with Crippen molar-refractivity contribution >= 4 is 6.03 Å². The molecule has 0 bridgehead atoms. The molecular weight excluding hydrogens is 288 g/mol. The van der Waals surface area contributed by atoms with Crippen LogP contribution in [0.5, 0.6) is 0 Å². The Labute approximate surface area is 137 Å². The highest BCUT2D eigenvalue weighted by Crippen LogP contribution is 2.20. The van der Waals surface area contributed by atoms with Gasteiger partial charge in [-0.25, -0.2) is 4.79 Å². The van der Waals surface area contributed by atoms with Gasteiger partial charge >= 0.3 is 6.03 Å². The van der Waals surface area contributed by atoms with Crippen LogP contribution in [0.1, 0.15) is 36.8 Å². The quantitative estimate of drug-likeness (QED) is 0.928. The van der Waals surface area contributed by atoms with Crippen LogP contribution in [0.2, 0.25) is 0 Å². The van der Waals surface area contributed by atoms with Crippen LogP contribution >= 0.6 is 0 Å². The molecule has 1 N–H and O–H groups in total. The summed E-state index contributed by atoms with van der Waals surface area (Å²) >= 11 is 0. The fraction of sp³-hybridized carbons (Fsp3) is 0.556. The number of nitrogens with zero attached hydrogens (tertiary/aromatic N) is 3. The Morgan fingerprint density at radius 1 is 1.26 bits per heavy atom. The third-order valence-electron chi connectivity index (χ3n) is 4.81. The predicted molar refractivity (Wildman–Crippen MR) is 88.8 cm³/mol. The van der Waals surface area contributed by atoms with E-state index in [9.17, 15) is 4.79 Å². The van der Waals surface area contributed by atoms with E-state index in [2.05, 4.69) is 16.3 Å². The molecule has 2 saturated heterocycles. The number of hydrogen-bond acceptors (Lipinski definition) is 3. The Hall–Kier alpha value is -2.06. The lowest BCUT2D eigenvalue weighted by molar-refractivity contribution is 0.174. The largest absolute Gasteiger partial charge is 0.334 e. The second-order valence-electron chi connectivity index (χ2n) is 6.47. The van der Waals surface area contributed by atoms with Crippen molar-refractivity contribution in [3.63, 3.8) is 0 Å². The Morgan fingerprint density at radius 3 is 2.87 bits per heavy atom. The zero-order chi connectivity index (χ0) is 16.1. The molecule has 0 spiro atoms. The molecule has 0 radical (unpaired) electrons. The van der Waals surface area contributed by atoms with Crippen LogP contribution in [0, 0.1) is 11.3 Å². The van der Waals surface area contributed by atoms with Crippen molar-refractivity contribution in [2.75, 3.05) is 26.2 Å². The predicted octanol–water partition coefficient (Wildman–Crippen LogP) is 2.33. The lowest BCUT2D eigenvalue weighted by atomic mass is 10.1. The van der Waals surface area contributed by atoms with Crippen LogP contribution in [0.3, 0.4) is 0 Å². The highest BCUT2D eigenvalue weighted by Gasteiger charge is 2.30. The van der Waals surface area contributed by atoms with Gasteiger partial charge in [0.2, 0.25) is 0 Å². The first-order chi connectivity index (χ1) is 11.3. The van der Waals surface area contributed by atoms with Gasteiger partial charge in [-0.05, 0) is 56.5 Å². The van der Waals surface area contributed by atoms with Crippen molar-refractivity contribution in [3.8, 4) is 6.07 Å². The number of carbonyl (C=O) groups is 1. The summed E-state index contributed by atoms with van der Waals surface area (Å²) in [5.41, 5.74) is 1.59. The molecule has 5 nitrogen and oxygen atoms in total. The monoisotopic (exact) mass is 312 g/mol. The number of amides is 2. The summed E-state index contributed by atoms with van der Waals surface area (Å²) in [5, 5.41) is 11.9. The van der Waals surface area contributed by atoms with Crippen molar-refractivity contribution in [3.05, 3.63) is 35.4 Å². The van der Waals surface area contributed by atoms with Gasteiger partial charge in [0.25, 0.3) is 0 Å². The van der Waals surface area contributed by atoms with Crippen molar-refractivity contribution in [2.45, 2.75) is 38.3 Å². The molecule has 2 aliphatic rings. The maximum Gasteiger partial charge on any atom is 0.317 e. The number of carbonyl (C=O) groups excluding carboxylic acids is 1. The number of benzene rings is 1. The van der Waals surface area contributed by atoms with Gasteiger partial charge in [-0.2, -0.15) is 5.26 Å². The Morgan fingerprint density at radius 2 is 2.09 bits per heavy atom. The van der Waals surface area contributed by atoms with E-state index in [0.29, 0.717) is 18.2 Å². The van der Waals surface area contributed by atoms with E-state index in [0.717, 1.165) is 31.5 Å². The molecule has 23 heavy (non-hydrogen) atoms. The second-order valence-corrected chi connectivity index (χ2v) is 6.47. The van der Waals surface area contributed by atoms with Gasteiger partial charge in [0.15, 0.2) is 0 Å². The maximum absolute atomic E-state index is 12.5. The van der Waals surface area contributed by atoms with Crippen LogP contribution in [-0.4, -0.2) is 48.1 Å². The first-order valence-corrected chi connectivity index (χ1v) is 8.52.